The Morgan fingerprint density at radius 3 is 2.70 bits per heavy atom. The highest BCUT2D eigenvalue weighted by atomic mass is 16.2. The molecule has 23 heavy (non-hydrogen) atoms. The Morgan fingerprint density at radius 2 is 2.00 bits per heavy atom. The smallest absolute Gasteiger partial charge is 0.246 e. The Hall–Kier alpha value is -2.36. The van der Waals surface area contributed by atoms with E-state index in [4.69, 9.17) is 0 Å². The minimum Gasteiger partial charge on any atom is -0.347 e. The molecule has 120 valence electrons. The van der Waals surface area contributed by atoms with E-state index in [0.717, 1.165) is 29.9 Å². The van der Waals surface area contributed by atoms with Crippen molar-refractivity contribution in [1.29, 1.82) is 0 Å². The van der Waals surface area contributed by atoms with Gasteiger partial charge in [-0.2, -0.15) is 0 Å². The van der Waals surface area contributed by atoms with Crippen LogP contribution in [0.1, 0.15) is 43.3 Å². The number of H-pyrrole nitrogens is 1. The molecule has 1 aliphatic rings. The van der Waals surface area contributed by atoms with Gasteiger partial charge in [-0.15, -0.1) is 0 Å². The molecule has 0 saturated heterocycles. The molecule has 0 spiro atoms. The van der Waals surface area contributed by atoms with E-state index >= 15 is 0 Å². The molecule has 2 aromatic rings. The van der Waals surface area contributed by atoms with E-state index in [0.29, 0.717) is 6.54 Å². The zero-order valence-corrected chi connectivity index (χ0v) is 14.0. The molecule has 1 N–H and O–H groups in total. The lowest BCUT2D eigenvalue weighted by Crippen LogP contribution is -2.34. The molecule has 1 aromatic carbocycles. The third-order valence-electron chi connectivity index (χ3n) is 4.28. The summed E-state index contributed by atoms with van der Waals surface area (Å²) in [5, 5.41) is 0. The first kappa shape index (κ1) is 15.5. The van der Waals surface area contributed by atoms with Crippen LogP contribution in [0.15, 0.2) is 36.7 Å². The molecule has 1 aliphatic heterocycles. The third-order valence-corrected chi connectivity index (χ3v) is 4.28. The molecule has 4 nitrogen and oxygen atoms in total. The second kappa shape index (κ2) is 6.03. The van der Waals surface area contributed by atoms with Gasteiger partial charge >= 0.3 is 0 Å². The zero-order chi connectivity index (χ0) is 16.4. The summed E-state index contributed by atoms with van der Waals surface area (Å²) in [5.74, 6) is 0.0464. The van der Waals surface area contributed by atoms with Crippen molar-refractivity contribution >= 4 is 12.0 Å². The predicted molar refractivity (Wildman–Crippen MR) is 91.9 cm³/mol. The Labute approximate surface area is 137 Å². The first-order valence-corrected chi connectivity index (χ1v) is 8.02. The van der Waals surface area contributed by atoms with E-state index in [2.05, 4.69) is 55.0 Å². The van der Waals surface area contributed by atoms with Gasteiger partial charge in [-0.25, -0.2) is 4.98 Å². The number of nitrogens with zero attached hydrogens (tertiary/aromatic N) is 2. The van der Waals surface area contributed by atoms with Gasteiger partial charge in [-0.05, 0) is 22.6 Å². The number of nitrogens with one attached hydrogen (secondary N) is 1. The van der Waals surface area contributed by atoms with Crippen molar-refractivity contribution in [3.8, 4) is 0 Å². The maximum absolute atomic E-state index is 12.3. The van der Waals surface area contributed by atoms with Crippen LogP contribution in [0.5, 0.6) is 0 Å². The van der Waals surface area contributed by atoms with Crippen molar-refractivity contribution < 1.29 is 4.79 Å². The second-order valence-electron chi connectivity index (χ2n) is 7.04. The number of carbonyl (C=O) groups excluding carboxylic acids is 1. The number of aromatic nitrogens is 2. The normalized spacial score (nSPS) is 15.0. The Bertz CT molecular complexity index is 720. The van der Waals surface area contributed by atoms with E-state index in [1.54, 1.807) is 12.4 Å². The quantitative estimate of drug-likeness (QED) is 0.865. The molecule has 0 atom stereocenters. The molecule has 0 unspecified atom stereocenters. The fourth-order valence-corrected chi connectivity index (χ4v) is 2.77. The summed E-state index contributed by atoms with van der Waals surface area (Å²) in [6.45, 7) is 7.93. The standard InChI is InChI=1S/C19H23N3O/c1-19(2,3)15-7-4-14(5-8-15)6-9-18(23)22-11-10-16-17(12-22)21-13-20-16/h4-9,13H,10-12H2,1-3H3,(H,20,21). The van der Waals surface area contributed by atoms with Crippen molar-refractivity contribution in [3.05, 3.63) is 59.2 Å². The number of aromatic amines is 1. The summed E-state index contributed by atoms with van der Waals surface area (Å²) in [5.41, 5.74) is 4.62. The van der Waals surface area contributed by atoms with Gasteiger partial charge in [0.05, 0.1) is 24.3 Å². The van der Waals surface area contributed by atoms with Gasteiger partial charge in [-0.3, -0.25) is 4.79 Å². The van der Waals surface area contributed by atoms with Gasteiger partial charge in [0.1, 0.15) is 0 Å². The predicted octanol–water partition coefficient (Wildman–Crippen LogP) is 3.31. The van der Waals surface area contributed by atoms with Crippen LogP contribution in [-0.4, -0.2) is 27.3 Å². The molecular formula is C19H23N3O. The van der Waals surface area contributed by atoms with Crippen LogP contribution in [0.3, 0.4) is 0 Å². The maximum Gasteiger partial charge on any atom is 0.246 e. The minimum atomic E-state index is 0.0464. The summed E-state index contributed by atoms with van der Waals surface area (Å²) in [7, 11) is 0. The average Bonchev–Trinajstić information content (AvgIpc) is 2.99. The highest BCUT2D eigenvalue weighted by Gasteiger charge is 2.20. The van der Waals surface area contributed by atoms with Gasteiger partial charge in [0.25, 0.3) is 0 Å². The van der Waals surface area contributed by atoms with E-state index in [-0.39, 0.29) is 11.3 Å². The molecule has 0 saturated carbocycles. The number of benzene rings is 1. The van der Waals surface area contributed by atoms with Gasteiger partial charge < -0.3 is 9.88 Å². The third kappa shape index (κ3) is 3.52. The van der Waals surface area contributed by atoms with Crippen LogP contribution in [0.2, 0.25) is 0 Å². The molecule has 0 radical (unpaired) electrons. The molecule has 1 amide bonds. The number of imidazole rings is 1. The summed E-state index contributed by atoms with van der Waals surface area (Å²) < 4.78 is 0. The SMILES string of the molecule is CC(C)(C)c1ccc(C=CC(=O)N2CCc3nc[nH]c3C2)cc1. The summed E-state index contributed by atoms with van der Waals surface area (Å²) in [4.78, 5) is 21.5. The highest BCUT2D eigenvalue weighted by Crippen LogP contribution is 2.22. The fraction of sp³-hybridized carbons (Fsp3) is 0.368. The lowest BCUT2D eigenvalue weighted by atomic mass is 9.87. The molecule has 0 fully saturated rings. The van der Waals surface area contributed by atoms with Gasteiger partial charge in [-0.1, -0.05) is 45.0 Å². The molecular weight excluding hydrogens is 286 g/mol. The van der Waals surface area contributed by atoms with Crippen LogP contribution in [0.4, 0.5) is 0 Å². The first-order chi connectivity index (χ1) is 10.9. The second-order valence-corrected chi connectivity index (χ2v) is 7.04. The summed E-state index contributed by atoms with van der Waals surface area (Å²) in [6.07, 6.45) is 6.06. The largest absolute Gasteiger partial charge is 0.347 e. The fourth-order valence-electron chi connectivity index (χ4n) is 2.77. The molecule has 3 rings (SSSR count). The van der Waals surface area contributed by atoms with Crippen molar-refractivity contribution in [1.82, 2.24) is 14.9 Å². The van der Waals surface area contributed by atoms with Crippen LogP contribution < -0.4 is 0 Å². The number of carbonyl (C=O) groups is 1. The lowest BCUT2D eigenvalue weighted by Gasteiger charge is -2.25. The Kier molecular flexibility index (Phi) is 4.07. The van der Waals surface area contributed by atoms with Crippen molar-refractivity contribution in [2.24, 2.45) is 0 Å². The maximum atomic E-state index is 12.3. The zero-order valence-electron chi connectivity index (χ0n) is 14.0. The topological polar surface area (TPSA) is 49.0 Å². The van der Waals surface area contributed by atoms with Gasteiger partial charge in [0, 0.05) is 19.0 Å². The van der Waals surface area contributed by atoms with Crippen LogP contribution in [-0.2, 0) is 23.2 Å². The van der Waals surface area contributed by atoms with Crippen LogP contribution in [0.25, 0.3) is 6.08 Å². The van der Waals surface area contributed by atoms with Gasteiger partial charge in [0.15, 0.2) is 0 Å². The van der Waals surface area contributed by atoms with E-state index in [1.807, 2.05) is 11.0 Å². The van der Waals surface area contributed by atoms with Gasteiger partial charge in [0.2, 0.25) is 5.91 Å². The lowest BCUT2D eigenvalue weighted by molar-refractivity contribution is -0.126. The number of amides is 1. The number of rotatable bonds is 2. The van der Waals surface area contributed by atoms with Crippen molar-refractivity contribution in [2.45, 2.75) is 39.2 Å². The molecule has 0 aliphatic carbocycles. The van der Waals surface area contributed by atoms with E-state index < -0.39 is 0 Å². The Balaban J connectivity index is 1.65. The monoisotopic (exact) mass is 309 g/mol. The molecule has 4 heteroatoms. The Morgan fingerprint density at radius 1 is 1.26 bits per heavy atom. The summed E-state index contributed by atoms with van der Waals surface area (Å²) in [6, 6.07) is 8.38. The number of fused-ring (bicyclic) bond motifs is 1. The van der Waals surface area contributed by atoms with E-state index in [1.165, 1.54) is 5.56 Å². The highest BCUT2D eigenvalue weighted by molar-refractivity contribution is 5.91. The number of hydrogen-bond acceptors (Lipinski definition) is 2. The first-order valence-electron chi connectivity index (χ1n) is 8.02. The minimum absolute atomic E-state index is 0.0464. The molecule has 2 heterocycles. The summed E-state index contributed by atoms with van der Waals surface area (Å²) >= 11 is 0. The van der Waals surface area contributed by atoms with Crippen molar-refractivity contribution in [3.63, 3.8) is 0 Å². The average molecular weight is 309 g/mol. The molecule has 1 aromatic heterocycles. The van der Waals surface area contributed by atoms with E-state index in [9.17, 15) is 4.79 Å². The van der Waals surface area contributed by atoms with Crippen molar-refractivity contribution in [2.75, 3.05) is 6.54 Å². The van der Waals surface area contributed by atoms with Crippen LogP contribution in [0, 0.1) is 0 Å². The van der Waals surface area contributed by atoms with Crippen LogP contribution >= 0.6 is 0 Å². The molecule has 0 bridgehead atoms. The number of hydrogen-bond donors (Lipinski definition) is 1.